The van der Waals surface area contributed by atoms with Crippen LogP contribution in [0.3, 0.4) is 0 Å². The number of amides is 1. The highest BCUT2D eigenvalue weighted by Gasteiger charge is 2.12. The molecule has 122 valence electrons. The largest absolute Gasteiger partial charge is 0.411 e. The Morgan fingerprint density at radius 1 is 1.25 bits per heavy atom. The second-order valence-electron chi connectivity index (χ2n) is 4.57. The van der Waals surface area contributed by atoms with Crippen LogP contribution in [0.15, 0.2) is 52.4 Å². The Morgan fingerprint density at radius 3 is 2.79 bits per heavy atom. The maximum atomic E-state index is 13.0. The fraction of sp³-hybridized carbons (Fsp3) is 0.0667. The van der Waals surface area contributed by atoms with E-state index in [0.29, 0.717) is 11.6 Å². The number of nitrogens with zero attached hydrogens (tertiary/aromatic N) is 3. The molecule has 0 aliphatic rings. The molecule has 0 saturated heterocycles. The van der Waals surface area contributed by atoms with Crippen molar-refractivity contribution in [3.8, 4) is 11.5 Å². The predicted molar refractivity (Wildman–Crippen MR) is 88.3 cm³/mol. The van der Waals surface area contributed by atoms with Gasteiger partial charge in [-0.25, -0.2) is 4.39 Å². The van der Waals surface area contributed by atoms with Gasteiger partial charge < -0.3 is 9.73 Å². The smallest absolute Gasteiger partial charge is 0.277 e. The van der Waals surface area contributed by atoms with Crippen LogP contribution in [0.2, 0.25) is 5.02 Å². The first-order valence-corrected chi connectivity index (χ1v) is 8.10. The van der Waals surface area contributed by atoms with Crippen molar-refractivity contribution in [2.45, 2.75) is 5.22 Å². The molecule has 0 unspecified atom stereocenters. The zero-order valence-corrected chi connectivity index (χ0v) is 13.6. The maximum Gasteiger partial charge on any atom is 0.277 e. The van der Waals surface area contributed by atoms with E-state index in [1.54, 1.807) is 24.5 Å². The number of benzene rings is 1. The monoisotopic (exact) mass is 364 g/mol. The van der Waals surface area contributed by atoms with Gasteiger partial charge in [0.2, 0.25) is 11.8 Å². The Bertz CT molecular complexity index is 860. The third-order valence-electron chi connectivity index (χ3n) is 2.87. The predicted octanol–water partition coefficient (Wildman–Crippen LogP) is 3.65. The maximum absolute atomic E-state index is 13.0. The van der Waals surface area contributed by atoms with E-state index in [1.165, 1.54) is 12.1 Å². The molecule has 6 nitrogen and oxygen atoms in total. The molecule has 0 spiro atoms. The van der Waals surface area contributed by atoms with Crippen LogP contribution < -0.4 is 5.32 Å². The van der Waals surface area contributed by atoms with Crippen molar-refractivity contribution >= 4 is 35.0 Å². The first-order chi connectivity index (χ1) is 11.6. The number of carbonyl (C=O) groups is 1. The lowest BCUT2D eigenvalue weighted by Crippen LogP contribution is -2.14. The number of carbonyl (C=O) groups excluding carboxylic acids is 1. The number of hydrogen-bond acceptors (Lipinski definition) is 6. The van der Waals surface area contributed by atoms with Gasteiger partial charge in [0.15, 0.2) is 0 Å². The van der Waals surface area contributed by atoms with Gasteiger partial charge in [-0.3, -0.25) is 9.78 Å². The molecular weight excluding hydrogens is 355 g/mol. The Hall–Kier alpha value is -2.45. The van der Waals surface area contributed by atoms with Crippen molar-refractivity contribution in [3.63, 3.8) is 0 Å². The summed E-state index contributed by atoms with van der Waals surface area (Å²) in [6.07, 6.45) is 3.23. The van der Waals surface area contributed by atoms with E-state index >= 15 is 0 Å². The number of aromatic nitrogens is 3. The number of hydrogen-bond donors (Lipinski definition) is 1. The van der Waals surface area contributed by atoms with E-state index in [2.05, 4.69) is 20.5 Å². The van der Waals surface area contributed by atoms with Gasteiger partial charge in [0.25, 0.3) is 5.22 Å². The van der Waals surface area contributed by atoms with Crippen LogP contribution in [0.25, 0.3) is 11.5 Å². The van der Waals surface area contributed by atoms with E-state index in [9.17, 15) is 9.18 Å². The molecule has 0 aliphatic heterocycles. The van der Waals surface area contributed by atoms with Gasteiger partial charge in [0.1, 0.15) is 5.82 Å². The second kappa shape index (κ2) is 7.41. The highest BCUT2D eigenvalue weighted by Crippen LogP contribution is 2.24. The van der Waals surface area contributed by atoms with Gasteiger partial charge in [-0.1, -0.05) is 23.4 Å². The Labute approximate surface area is 145 Å². The summed E-state index contributed by atoms with van der Waals surface area (Å²) >= 11 is 6.94. The molecule has 0 atom stereocenters. The van der Waals surface area contributed by atoms with Crippen LogP contribution in [-0.4, -0.2) is 26.8 Å². The van der Waals surface area contributed by atoms with E-state index < -0.39 is 5.82 Å². The summed E-state index contributed by atoms with van der Waals surface area (Å²) in [6, 6.07) is 7.22. The molecule has 0 aliphatic carbocycles. The van der Waals surface area contributed by atoms with Crippen LogP contribution in [0.5, 0.6) is 0 Å². The first kappa shape index (κ1) is 16.4. The summed E-state index contributed by atoms with van der Waals surface area (Å²) in [5.41, 5.74) is 1.08. The summed E-state index contributed by atoms with van der Waals surface area (Å²) in [5, 5.41) is 10.8. The summed E-state index contributed by atoms with van der Waals surface area (Å²) in [5.74, 6) is -0.396. The van der Waals surface area contributed by atoms with Crippen molar-refractivity contribution in [2.75, 3.05) is 11.1 Å². The minimum absolute atomic E-state index is 0.0473. The molecule has 2 heterocycles. The molecule has 0 bridgehead atoms. The minimum atomic E-state index is -0.470. The normalized spacial score (nSPS) is 10.6. The number of rotatable bonds is 5. The Kier molecular flexibility index (Phi) is 5.07. The van der Waals surface area contributed by atoms with E-state index in [4.69, 9.17) is 16.0 Å². The summed E-state index contributed by atoms with van der Waals surface area (Å²) in [6.45, 7) is 0. The van der Waals surface area contributed by atoms with Crippen molar-refractivity contribution in [3.05, 3.63) is 53.6 Å². The van der Waals surface area contributed by atoms with E-state index in [1.807, 2.05) is 0 Å². The molecule has 0 fully saturated rings. The average molecular weight is 365 g/mol. The Morgan fingerprint density at radius 2 is 2.04 bits per heavy atom. The number of halogens is 2. The fourth-order valence-corrected chi connectivity index (χ4v) is 2.56. The summed E-state index contributed by atoms with van der Waals surface area (Å²) in [7, 11) is 0. The molecule has 0 radical (unpaired) electrons. The molecule has 9 heteroatoms. The van der Waals surface area contributed by atoms with Crippen molar-refractivity contribution in [2.24, 2.45) is 0 Å². The van der Waals surface area contributed by atoms with Gasteiger partial charge in [0, 0.05) is 18.0 Å². The van der Waals surface area contributed by atoms with E-state index in [-0.39, 0.29) is 21.9 Å². The summed E-state index contributed by atoms with van der Waals surface area (Å²) < 4.78 is 18.4. The average Bonchev–Trinajstić information content (AvgIpc) is 3.05. The summed E-state index contributed by atoms with van der Waals surface area (Å²) in [4.78, 5) is 15.8. The standard InChI is InChI=1S/C15H10ClFN4O2S/c16-11-7-10(17)1-2-12(11)19-13(22)8-24-15-21-20-14(23-15)9-3-5-18-6-4-9/h1-7H,8H2,(H,19,22). The van der Waals surface area contributed by atoms with E-state index in [0.717, 1.165) is 23.4 Å². The lowest BCUT2D eigenvalue weighted by Gasteiger charge is -2.06. The van der Waals surface area contributed by atoms with Gasteiger partial charge in [-0.2, -0.15) is 0 Å². The molecule has 2 aromatic heterocycles. The minimum Gasteiger partial charge on any atom is -0.411 e. The molecule has 3 aromatic rings. The highest BCUT2D eigenvalue weighted by molar-refractivity contribution is 7.99. The van der Waals surface area contributed by atoms with Gasteiger partial charge in [0.05, 0.1) is 16.5 Å². The molecule has 1 N–H and O–H groups in total. The third kappa shape index (κ3) is 4.09. The first-order valence-electron chi connectivity index (χ1n) is 6.73. The highest BCUT2D eigenvalue weighted by atomic mass is 35.5. The third-order valence-corrected chi connectivity index (χ3v) is 4.00. The number of anilines is 1. The molecular formula is C15H10ClFN4O2S. The second-order valence-corrected chi connectivity index (χ2v) is 5.90. The van der Waals surface area contributed by atoms with Crippen molar-refractivity contribution in [1.29, 1.82) is 0 Å². The SMILES string of the molecule is O=C(CSc1nnc(-c2ccncc2)o1)Nc1ccc(F)cc1Cl. The van der Waals surface area contributed by atoms with Gasteiger partial charge >= 0.3 is 0 Å². The lowest BCUT2D eigenvalue weighted by atomic mass is 10.3. The van der Waals surface area contributed by atoms with Crippen molar-refractivity contribution < 1.29 is 13.6 Å². The molecule has 1 amide bonds. The topological polar surface area (TPSA) is 80.9 Å². The zero-order valence-electron chi connectivity index (χ0n) is 12.1. The quantitative estimate of drug-likeness (QED) is 0.696. The van der Waals surface area contributed by atoms with Crippen molar-refractivity contribution in [1.82, 2.24) is 15.2 Å². The molecule has 3 rings (SSSR count). The Balaban J connectivity index is 1.58. The zero-order chi connectivity index (χ0) is 16.9. The number of nitrogens with one attached hydrogen (secondary N) is 1. The molecule has 1 aromatic carbocycles. The van der Waals surface area contributed by atoms with Gasteiger partial charge in [-0.15, -0.1) is 10.2 Å². The van der Waals surface area contributed by atoms with Crippen LogP contribution >= 0.6 is 23.4 Å². The van der Waals surface area contributed by atoms with Crippen LogP contribution in [0.4, 0.5) is 10.1 Å². The van der Waals surface area contributed by atoms with Gasteiger partial charge in [-0.05, 0) is 30.3 Å². The van der Waals surface area contributed by atoms with Crippen LogP contribution in [0.1, 0.15) is 0 Å². The van der Waals surface area contributed by atoms with Crippen LogP contribution in [-0.2, 0) is 4.79 Å². The van der Waals surface area contributed by atoms with Crippen LogP contribution in [0, 0.1) is 5.82 Å². The molecule has 24 heavy (non-hydrogen) atoms. The number of thioether (sulfide) groups is 1. The lowest BCUT2D eigenvalue weighted by molar-refractivity contribution is -0.113. The fourth-order valence-electron chi connectivity index (χ4n) is 1.78. The number of pyridine rings is 1. The molecule has 0 saturated carbocycles.